The molecule has 134 valence electrons. The van der Waals surface area contributed by atoms with Crippen molar-refractivity contribution in [3.63, 3.8) is 0 Å². The summed E-state index contributed by atoms with van der Waals surface area (Å²) in [5.41, 5.74) is 7.40. The zero-order valence-electron chi connectivity index (χ0n) is 14.6. The maximum Gasteiger partial charge on any atom is 0.191 e. The molecule has 2 fully saturated rings. The van der Waals surface area contributed by atoms with Gasteiger partial charge < -0.3 is 10.6 Å². The molecule has 0 unspecified atom stereocenters. The number of aromatic nitrogens is 1. The van der Waals surface area contributed by atoms with Crippen molar-refractivity contribution in [2.45, 2.75) is 32.7 Å². The van der Waals surface area contributed by atoms with Gasteiger partial charge in [-0.15, -0.1) is 11.3 Å². The van der Waals surface area contributed by atoms with Crippen LogP contribution in [-0.2, 0) is 13.0 Å². The topological polar surface area (TPSA) is 57.8 Å². The maximum atomic E-state index is 6.16. The summed E-state index contributed by atoms with van der Waals surface area (Å²) in [5.74, 6) is 3.78. The van der Waals surface area contributed by atoms with Crippen molar-refractivity contribution in [3.05, 3.63) is 16.1 Å². The van der Waals surface area contributed by atoms with Crippen LogP contribution < -0.4 is 5.73 Å². The van der Waals surface area contributed by atoms with Crippen molar-refractivity contribution in [2.24, 2.45) is 16.6 Å². The van der Waals surface area contributed by atoms with Crippen LogP contribution in [0, 0.1) is 5.92 Å². The minimum Gasteiger partial charge on any atom is -0.370 e. The Hall–Kier alpha value is -0.790. The highest BCUT2D eigenvalue weighted by Crippen LogP contribution is 2.20. The summed E-state index contributed by atoms with van der Waals surface area (Å²) in [6, 6.07) is 0. The fourth-order valence-electron chi connectivity index (χ4n) is 3.26. The van der Waals surface area contributed by atoms with Crippen LogP contribution in [-0.4, -0.2) is 65.0 Å². The van der Waals surface area contributed by atoms with Crippen LogP contribution in [0.2, 0.25) is 0 Å². The molecule has 3 rings (SSSR count). The van der Waals surface area contributed by atoms with Crippen molar-refractivity contribution >= 4 is 29.1 Å². The molecule has 2 saturated heterocycles. The lowest BCUT2D eigenvalue weighted by Crippen LogP contribution is -2.43. The van der Waals surface area contributed by atoms with E-state index in [1.807, 2.05) is 11.8 Å². The molecule has 5 nitrogen and oxygen atoms in total. The summed E-state index contributed by atoms with van der Waals surface area (Å²) in [4.78, 5) is 14.1. The summed E-state index contributed by atoms with van der Waals surface area (Å²) in [7, 11) is 0. The van der Waals surface area contributed by atoms with Crippen LogP contribution in [0.25, 0.3) is 0 Å². The molecule has 0 radical (unpaired) electrons. The molecule has 1 aromatic rings. The summed E-state index contributed by atoms with van der Waals surface area (Å²) >= 11 is 3.79. The van der Waals surface area contributed by atoms with E-state index in [1.54, 1.807) is 11.3 Å². The average molecular weight is 368 g/mol. The molecular weight excluding hydrogens is 338 g/mol. The van der Waals surface area contributed by atoms with Crippen LogP contribution in [0.3, 0.4) is 0 Å². The fourth-order valence-corrected chi connectivity index (χ4v) is 4.89. The maximum absolute atomic E-state index is 6.16. The summed E-state index contributed by atoms with van der Waals surface area (Å²) < 4.78 is 0. The molecule has 1 aromatic heterocycles. The minimum atomic E-state index is 0.681. The van der Waals surface area contributed by atoms with Gasteiger partial charge in [-0.1, -0.05) is 6.92 Å². The van der Waals surface area contributed by atoms with Crippen LogP contribution in [0.1, 0.15) is 30.5 Å². The molecule has 0 aliphatic carbocycles. The van der Waals surface area contributed by atoms with E-state index in [4.69, 9.17) is 5.73 Å². The zero-order chi connectivity index (χ0) is 16.8. The van der Waals surface area contributed by atoms with Crippen LogP contribution >= 0.6 is 23.1 Å². The Labute approximate surface area is 153 Å². The molecule has 0 bridgehead atoms. The number of thioether (sulfide) groups is 1. The zero-order valence-corrected chi connectivity index (χ0v) is 16.2. The number of piperidine rings is 1. The number of aliphatic imine (C=N–C) groups is 1. The van der Waals surface area contributed by atoms with E-state index in [0.29, 0.717) is 5.92 Å². The van der Waals surface area contributed by atoms with Gasteiger partial charge in [-0.25, -0.2) is 4.98 Å². The van der Waals surface area contributed by atoms with Gasteiger partial charge in [0.05, 0.1) is 10.7 Å². The molecule has 2 aliphatic rings. The van der Waals surface area contributed by atoms with Gasteiger partial charge in [0.1, 0.15) is 0 Å². The number of likely N-dealkylation sites (tertiary alicyclic amines) is 1. The first-order chi connectivity index (χ1) is 11.7. The third kappa shape index (κ3) is 5.10. The lowest BCUT2D eigenvalue weighted by molar-refractivity contribution is 0.179. The van der Waals surface area contributed by atoms with Gasteiger partial charge in [-0.05, 0) is 38.3 Å². The molecular formula is C17H29N5S2. The number of hydrogen-bond acceptors (Lipinski definition) is 5. The second-order valence-electron chi connectivity index (χ2n) is 6.60. The number of aryl methyl sites for hydroxylation is 1. The monoisotopic (exact) mass is 367 g/mol. The smallest absolute Gasteiger partial charge is 0.191 e. The highest BCUT2D eigenvalue weighted by molar-refractivity contribution is 7.99. The Bertz CT molecular complexity index is 531. The van der Waals surface area contributed by atoms with Crippen LogP contribution in [0.4, 0.5) is 0 Å². The fraction of sp³-hybridized carbons (Fsp3) is 0.765. The van der Waals surface area contributed by atoms with Gasteiger partial charge in [-0.3, -0.25) is 9.89 Å². The lowest BCUT2D eigenvalue weighted by atomic mass is 9.97. The van der Waals surface area contributed by atoms with E-state index in [-0.39, 0.29) is 0 Å². The largest absolute Gasteiger partial charge is 0.370 e. The van der Waals surface area contributed by atoms with Gasteiger partial charge in [0, 0.05) is 43.1 Å². The molecule has 24 heavy (non-hydrogen) atoms. The Morgan fingerprint density at radius 3 is 2.71 bits per heavy atom. The molecule has 0 aromatic carbocycles. The summed E-state index contributed by atoms with van der Waals surface area (Å²) in [5, 5.41) is 3.47. The molecule has 7 heteroatoms. The van der Waals surface area contributed by atoms with E-state index in [9.17, 15) is 0 Å². The molecule has 0 spiro atoms. The highest BCUT2D eigenvalue weighted by atomic mass is 32.2. The van der Waals surface area contributed by atoms with E-state index in [2.05, 4.69) is 32.1 Å². The summed E-state index contributed by atoms with van der Waals surface area (Å²) in [6.07, 6.45) is 3.48. The molecule has 2 N–H and O–H groups in total. The van der Waals surface area contributed by atoms with Crippen molar-refractivity contribution in [2.75, 3.05) is 44.2 Å². The molecule has 0 saturated carbocycles. The van der Waals surface area contributed by atoms with E-state index in [0.717, 1.165) is 51.6 Å². The van der Waals surface area contributed by atoms with Crippen molar-refractivity contribution in [1.29, 1.82) is 0 Å². The number of guanidine groups is 1. The second-order valence-corrected chi connectivity index (χ2v) is 8.77. The molecule has 0 atom stereocenters. The van der Waals surface area contributed by atoms with E-state index < -0.39 is 0 Å². The number of rotatable bonds is 5. The number of nitrogens with zero attached hydrogens (tertiary/aromatic N) is 4. The minimum absolute atomic E-state index is 0.681. The molecule has 3 heterocycles. The number of nitrogens with two attached hydrogens (primary N) is 1. The standard InChI is InChI=1S/C17H29N5S2/c1-2-16-20-15(13-24-16)12-21-5-3-14(4-6-21)11-19-17(18)22-7-9-23-10-8-22/h13-14H,2-12H2,1H3,(H2,18,19). The molecule has 0 amide bonds. The van der Waals surface area contributed by atoms with Gasteiger partial charge in [0.2, 0.25) is 0 Å². The quantitative estimate of drug-likeness (QED) is 0.639. The van der Waals surface area contributed by atoms with Gasteiger partial charge in [0.15, 0.2) is 5.96 Å². The van der Waals surface area contributed by atoms with E-state index >= 15 is 0 Å². The predicted octanol–water partition coefficient (Wildman–Crippen LogP) is 2.28. The number of hydrogen-bond donors (Lipinski definition) is 1. The first kappa shape index (κ1) is 18.0. The summed E-state index contributed by atoms with van der Waals surface area (Å²) in [6.45, 7) is 8.46. The van der Waals surface area contributed by atoms with Crippen LogP contribution in [0.15, 0.2) is 10.4 Å². The second kappa shape index (κ2) is 9.06. The van der Waals surface area contributed by atoms with Gasteiger partial charge in [-0.2, -0.15) is 11.8 Å². The van der Waals surface area contributed by atoms with Gasteiger partial charge >= 0.3 is 0 Å². The first-order valence-electron chi connectivity index (χ1n) is 9.03. The Balaban J connectivity index is 1.40. The van der Waals surface area contributed by atoms with Gasteiger partial charge in [0.25, 0.3) is 0 Å². The van der Waals surface area contributed by atoms with E-state index in [1.165, 1.54) is 35.0 Å². The SMILES string of the molecule is CCc1nc(CN2CCC(CN=C(N)N3CCSCC3)CC2)cs1. The normalized spacial score (nSPS) is 21.4. The Morgan fingerprint density at radius 2 is 2.04 bits per heavy atom. The highest BCUT2D eigenvalue weighted by Gasteiger charge is 2.20. The average Bonchev–Trinajstić information content (AvgIpc) is 3.09. The van der Waals surface area contributed by atoms with Crippen molar-refractivity contribution < 1.29 is 0 Å². The number of thiazole rings is 1. The van der Waals surface area contributed by atoms with Crippen molar-refractivity contribution in [3.8, 4) is 0 Å². The van der Waals surface area contributed by atoms with Crippen LogP contribution in [0.5, 0.6) is 0 Å². The van der Waals surface area contributed by atoms with Crippen molar-refractivity contribution in [1.82, 2.24) is 14.8 Å². The Morgan fingerprint density at radius 1 is 1.29 bits per heavy atom. The Kier molecular flexibility index (Phi) is 6.80. The third-order valence-electron chi connectivity index (χ3n) is 4.84. The molecule has 2 aliphatic heterocycles. The third-order valence-corrected chi connectivity index (χ3v) is 6.83. The lowest BCUT2D eigenvalue weighted by Gasteiger charge is -2.31. The first-order valence-corrected chi connectivity index (χ1v) is 11.1. The predicted molar refractivity (Wildman–Crippen MR) is 105 cm³/mol.